The van der Waals surface area contributed by atoms with Gasteiger partial charge in [-0.3, -0.25) is 0 Å². The SMILES string of the molecule is C=C/C=C\C(F)=C\F.CC1CCNC[C@@H]1c1cc(-c2c(Cl)cccc2Cl)on1. The van der Waals surface area contributed by atoms with Crippen LogP contribution in [0, 0.1) is 5.92 Å². The minimum Gasteiger partial charge on any atom is -0.356 e. The third-order valence-corrected chi connectivity index (χ3v) is 5.07. The summed E-state index contributed by atoms with van der Waals surface area (Å²) in [6.45, 7) is 7.52. The van der Waals surface area contributed by atoms with Gasteiger partial charge in [0.15, 0.2) is 11.6 Å². The summed E-state index contributed by atoms with van der Waals surface area (Å²) in [5.74, 6) is 0.705. The first-order valence-electron chi connectivity index (χ1n) is 8.84. The van der Waals surface area contributed by atoms with E-state index in [1.165, 1.54) is 12.2 Å². The Morgan fingerprint density at radius 1 is 1.36 bits per heavy atom. The second kappa shape index (κ2) is 11.1. The summed E-state index contributed by atoms with van der Waals surface area (Å²) in [7, 11) is 0. The van der Waals surface area contributed by atoms with Crippen LogP contribution in [0.4, 0.5) is 8.78 Å². The van der Waals surface area contributed by atoms with Crippen LogP contribution in [0.1, 0.15) is 25.0 Å². The standard InChI is InChI=1S/C15H16Cl2N2O.C6H6F2/c1-9-5-6-18-8-10(9)13-7-14(20-19-13)15-11(16)3-2-4-12(15)17;1-2-3-4-6(8)5-7/h2-4,7,9-10,18H,5-6,8H2,1H3;2-5H,1H2/b;4-3-,6-5-/t9?,10-;/m0./s1. The van der Waals surface area contributed by atoms with E-state index in [0.29, 0.717) is 33.2 Å². The summed E-state index contributed by atoms with van der Waals surface area (Å²) in [6, 6.07) is 7.38. The van der Waals surface area contributed by atoms with Gasteiger partial charge in [-0.2, -0.15) is 0 Å². The van der Waals surface area contributed by atoms with Crippen molar-refractivity contribution in [2.45, 2.75) is 19.3 Å². The fourth-order valence-electron chi connectivity index (χ4n) is 2.90. The quantitative estimate of drug-likeness (QED) is 0.541. The third-order valence-electron chi connectivity index (χ3n) is 4.44. The number of hydrogen-bond acceptors (Lipinski definition) is 3. The molecule has 7 heteroatoms. The number of hydrogen-bond donors (Lipinski definition) is 1. The summed E-state index contributed by atoms with van der Waals surface area (Å²) in [5, 5.41) is 8.78. The van der Waals surface area contributed by atoms with Gasteiger partial charge >= 0.3 is 0 Å². The number of halogens is 4. The van der Waals surface area contributed by atoms with Crippen molar-refractivity contribution in [2.24, 2.45) is 5.92 Å². The molecular formula is C21H22Cl2F2N2O. The Morgan fingerprint density at radius 2 is 2.07 bits per heavy atom. The van der Waals surface area contributed by atoms with E-state index in [4.69, 9.17) is 27.7 Å². The van der Waals surface area contributed by atoms with E-state index in [0.717, 1.165) is 31.3 Å². The monoisotopic (exact) mass is 426 g/mol. The van der Waals surface area contributed by atoms with Crippen LogP contribution < -0.4 is 5.32 Å². The molecule has 0 radical (unpaired) electrons. The van der Waals surface area contributed by atoms with Crippen molar-refractivity contribution in [1.29, 1.82) is 0 Å². The van der Waals surface area contributed by atoms with Crippen molar-refractivity contribution in [3.05, 3.63) is 77.0 Å². The second-order valence-electron chi connectivity index (χ2n) is 6.38. The highest BCUT2D eigenvalue weighted by Crippen LogP contribution is 2.37. The average Bonchev–Trinajstić information content (AvgIpc) is 3.16. The molecule has 1 fully saturated rings. The van der Waals surface area contributed by atoms with Gasteiger partial charge in [0.1, 0.15) is 6.33 Å². The number of piperidine rings is 1. The summed E-state index contributed by atoms with van der Waals surface area (Å²) in [5.41, 5.74) is 1.68. The number of rotatable bonds is 4. The fourth-order valence-corrected chi connectivity index (χ4v) is 3.48. The van der Waals surface area contributed by atoms with Gasteiger partial charge in [0.05, 0.1) is 21.3 Å². The topological polar surface area (TPSA) is 38.1 Å². The van der Waals surface area contributed by atoms with E-state index in [9.17, 15) is 8.78 Å². The first-order valence-corrected chi connectivity index (χ1v) is 9.60. The van der Waals surface area contributed by atoms with Gasteiger partial charge in [-0.25, -0.2) is 8.78 Å². The molecule has 3 nitrogen and oxygen atoms in total. The Bertz CT molecular complexity index is 828. The molecule has 2 heterocycles. The minimum absolute atomic E-state index is 0.111. The van der Waals surface area contributed by atoms with Gasteiger partial charge < -0.3 is 9.84 Å². The minimum atomic E-state index is -0.898. The highest BCUT2D eigenvalue weighted by Gasteiger charge is 2.26. The molecule has 0 saturated carbocycles. The largest absolute Gasteiger partial charge is 0.356 e. The van der Waals surface area contributed by atoms with Crippen LogP contribution in [0.2, 0.25) is 10.0 Å². The van der Waals surface area contributed by atoms with E-state index >= 15 is 0 Å². The number of allylic oxidation sites excluding steroid dienone is 4. The van der Waals surface area contributed by atoms with Gasteiger partial charge in [-0.05, 0) is 37.1 Å². The molecule has 3 rings (SSSR count). The van der Waals surface area contributed by atoms with Crippen molar-refractivity contribution in [1.82, 2.24) is 10.5 Å². The normalized spacial score (nSPS) is 20.0. The Labute approximate surface area is 173 Å². The molecule has 1 saturated heterocycles. The smallest absolute Gasteiger partial charge is 0.170 e. The molecule has 1 N–H and O–H groups in total. The van der Waals surface area contributed by atoms with Crippen molar-refractivity contribution >= 4 is 23.2 Å². The molecule has 2 atom stereocenters. The van der Waals surface area contributed by atoms with E-state index < -0.39 is 5.83 Å². The first kappa shape index (κ1) is 22.3. The Hall–Kier alpha value is -1.95. The molecule has 1 aliphatic heterocycles. The van der Waals surface area contributed by atoms with Gasteiger partial charge in [0.25, 0.3) is 0 Å². The molecule has 0 bridgehead atoms. The van der Waals surface area contributed by atoms with Crippen LogP contribution in [0.25, 0.3) is 11.3 Å². The highest BCUT2D eigenvalue weighted by atomic mass is 35.5. The molecule has 0 amide bonds. The summed E-state index contributed by atoms with van der Waals surface area (Å²) in [6.07, 6.45) is 4.70. The number of nitrogens with zero attached hydrogens (tertiary/aromatic N) is 1. The molecule has 2 aromatic rings. The lowest BCUT2D eigenvalue weighted by Gasteiger charge is -2.27. The number of nitrogens with one attached hydrogen (secondary N) is 1. The van der Waals surface area contributed by atoms with Crippen LogP contribution in [0.5, 0.6) is 0 Å². The Balaban J connectivity index is 0.000000300. The molecule has 1 aromatic heterocycles. The van der Waals surface area contributed by atoms with Crippen molar-refractivity contribution in [2.75, 3.05) is 13.1 Å². The Morgan fingerprint density at radius 3 is 2.68 bits per heavy atom. The zero-order chi connectivity index (χ0) is 20.5. The van der Waals surface area contributed by atoms with Crippen LogP contribution in [-0.2, 0) is 0 Å². The number of aromatic nitrogens is 1. The molecular weight excluding hydrogens is 405 g/mol. The van der Waals surface area contributed by atoms with Crippen molar-refractivity contribution < 1.29 is 13.3 Å². The van der Waals surface area contributed by atoms with E-state index in [-0.39, 0.29) is 6.33 Å². The lowest BCUT2D eigenvalue weighted by molar-refractivity contribution is 0.326. The van der Waals surface area contributed by atoms with Crippen LogP contribution in [-0.4, -0.2) is 18.2 Å². The van der Waals surface area contributed by atoms with Gasteiger partial charge in [0, 0.05) is 18.5 Å². The summed E-state index contributed by atoms with van der Waals surface area (Å²) < 4.78 is 28.2. The summed E-state index contributed by atoms with van der Waals surface area (Å²) in [4.78, 5) is 0. The number of benzene rings is 1. The third kappa shape index (κ3) is 6.03. The summed E-state index contributed by atoms with van der Waals surface area (Å²) >= 11 is 12.4. The van der Waals surface area contributed by atoms with Gasteiger partial charge in [0.2, 0.25) is 0 Å². The molecule has 150 valence electrons. The molecule has 1 unspecified atom stereocenters. The maximum atomic E-state index is 11.7. The fraction of sp³-hybridized carbons (Fsp3) is 0.286. The van der Waals surface area contributed by atoms with Gasteiger partial charge in [-0.1, -0.05) is 60.1 Å². The maximum absolute atomic E-state index is 11.7. The molecule has 0 spiro atoms. The highest BCUT2D eigenvalue weighted by molar-refractivity contribution is 6.39. The molecule has 0 aliphatic carbocycles. The van der Waals surface area contributed by atoms with E-state index in [1.54, 1.807) is 12.1 Å². The second-order valence-corrected chi connectivity index (χ2v) is 7.19. The molecule has 28 heavy (non-hydrogen) atoms. The maximum Gasteiger partial charge on any atom is 0.170 e. The molecule has 1 aromatic carbocycles. The van der Waals surface area contributed by atoms with Crippen molar-refractivity contribution in [3.8, 4) is 11.3 Å². The molecule has 1 aliphatic rings. The van der Waals surface area contributed by atoms with Crippen LogP contribution in [0.3, 0.4) is 0 Å². The average molecular weight is 427 g/mol. The lowest BCUT2D eigenvalue weighted by Crippen LogP contribution is -2.33. The first-order chi connectivity index (χ1) is 13.5. The predicted molar refractivity (Wildman–Crippen MR) is 111 cm³/mol. The van der Waals surface area contributed by atoms with Crippen LogP contribution in [0.15, 0.2) is 65.8 Å². The van der Waals surface area contributed by atoms with Crippen LogP contribution >= 0.6 is 23.2 Å². The van der Waals surface area contributed by atoms with E-state index in [1.807, 2.05) is 12.1 Å². The van der Waals surface area contributed by atoms with Crippen molar-refractivity contribution in [3.63, 3.8) is 0 Å². The zero-order valence-corrected chi connectivity index (χ0v) is 17.0. The lowest BCUT2D eigenvalue weighted by atomic mass is 9.85. The Kier molecular flexibility index (Phi) is 8.90. The zero-order valence-electron chi connectivity index (χ0n) is 15.5. The van der Waals surface area contributed by atoms with E-state index in [2.05, 4.69) is 24.0 Å². The predicted octanol–water partition coefficient (Wildman–Crippen LogP) is 6.87. The van der Waals surface area contributed by atoms with Gasteiger partial charge in [-0.15, -0.1) is 0 Å².